The van der Waals surface area contributed by atoms with Gasteiger partial charge < -0.3 is 19.9 Å². The molecule has 0 spiro atoms. The monoisotopic (exact) mass is 229 g/mol. The molecule has 1 heterocycles. The molecule has 0 bridgehead atoms. The van der Waals surface area contributed by atoms with Gasteiger partial charge in [0, 0.05) is 19.6 Å². The molecule has 5 heteroatoms. The van der Waals surface area contributed by atoms with E-state index in [-0.39, 0.29) is 12.0 Å². The fourth-order valence-corrected chi connectivity index (χ4v) is 1.82. The highest BCUT2D eigenvalue weighted by Crippen LogP contribution is 2.07. The molecule has 1 unspecified atom stereocenters. The lowest BCUT2D eigenvalue weighted by molar-refractivity contribution is -0.152. The zero-order valence-electron chi connectivity index (χ0n) is 10.5. The lowest BCUT2D eigenvalue weighted by Gasteiger charge is -2.32. The number of ether oxygens (including phenoxy) is 1. The number of amides is 1. The summed E-state index contributed by atoms with van der Waals surface area (Å²) in [5.41, 5.74) is 0. The van der Waals surface area contributed by atoms with Crippen molar-refractivity contribution >= 4 is 5.91 Å². The van der Waals surface area contributed by atoms with Crippen molar-refractivity contribution in [1.82, 2.24) is 15.1 Å². The van der Waals surface area contributed by atoms with Crippen molar-refractivity contribution < 1.29 is 9.53 Å². The van der Waals surface area contributed by atoms with Crippen molar-refractivity contribution in [3.8, 4) is 0 Å². The average Bonchev–Trinajstić information content (AvgIpc) is 2.23. The van der Waals surface area contributed by atoms with Gasteiger partial charge in [0.05, 0.1) is 6.61 Å². The lowest BCUT2D eigenvalue weighted by Crippen LogP contribution is -2.51. The van der Waals surface area contributed by atoms with E-state index in [0.717, 1.165) is 26.1 Å². The average molecular weight is 229 g/mol. The summed E-state index contributed by atoms with van der Waals surface area (Å²) < 4.78 is 5.42. The van der Waals surface area contributed by atoms with E-state index in [1.54, 1.807) is 0 Å². The minimum absolute atomic E-state index is 0.124. The smallest absolute Gasteiger partial charge is 0.253 e. The third-order valence-corrected chi connectivity index (χ3v) is 2.69. The maximum atomic E-state index is 11.9. The summed E-state index contributed by atoms with van der Waals surface area (Å²) in [7, 11) is 5.93. The molecule has 1 atom stereocenters. The van der Waals surface area contributed by atoms with Crippen LogP contribution >= 0.6 is 0 Å². The first-order chi connectivity index (χ1) is 7.65. The van der Waals surface area contributed by atoms with Crippen LogP contribution in [-0.2, 0) is 9.53 Å². The molecule has 1 fully saturated rings. The molecular weight excluding hydrogens is 206 g/mol. The molecular formula is C11H23N3O2. The van der Waals surface area contributed by atoms with Gasteiger partial charge in [-0.05, 0) is 34.1 Å². The minimum atomic E-state index is -0.293. The van der Waals surface area contributed by atoms with Crippen LogP contribution in [0, 0.1) is 0 Å². The number of likely N-dealkylation sites (N-methyl/N-ethyl adjacent to an activating group) is 1. The Hall–Kier alpha value is -0.650. The second-order valence-electron chi connectivity index (χ2n) is 4.40. The highest BCUT2D eigenvalue weighted by molar-refractivity contribution is 5.81. The summed E-state index contributed by atoms with van der Waals surface area (Å²) in [6.45, 7) is 3.83. The minimum Gasteiger partial charge on any atom is -0.365 e. The van der Waals surface area contributed by atoms with Crippen LogP contribution in [0.5, 0.6) is 0 Å². The first-order valence-electron chi connectivity index (χ1n) is 5.85. The second kappa shape index (κ2) is 6.83. The van der Waals surface area contributed by atoms with Crippen LogP contribution < -0.4 is 5.32 Å². The molecule has 0 aromatic carbocycles. The molecule has 1 aliphatic rings. The largest absolute Gasteiger partial charge is 0.365 e. The first kappa shape index (κ1) is 13.4. The Morgan fingerprint density at radius 1 is 1.56 bits per heavy atom. The number of carbonyl (C=O) groups excluding carboxylic acids is 1. The Kier molecular flexibility index (Phi) is 5.73. The molecule has 1 N–H and O–H groups in total. The van der Waals surface area contributed by atoms with Crippen LogP contribution in [0.25, 0.3) is 0 Å². The van der Waals surface area contributed by atoms with Crippen LogP contribution in [0.1, 0.15) is 6.42 Å². The molecule has 1 saturated heterocycles. The number of morpholine rings is 1. The van der Waals surface area contributed by atoms with Gasteiger partial charge in [0.15, 0.2) is 0 Å². The van der Waals surface area contributed by atoms with Crippen molar-refractivity contribution in [3.05, 3.63) is 0 Å². The zero-order valence-corrected chi connectivity index (χ0v) is 10.5. The van der Waals surface area contributed by atoms with Gasteiger partial charge >= 0.3 is 0 Å². The number of rotatable bonds is 6. The molecule has 16 heavy (non-hydrogen) atoms. The number of hydrogen-bond acceptors (Lipinski definition) is 4. The van der Waals surface area contributed by atoms with Crippen molar-refractivity contribution in [2.45, 2.75) is 12.5 Å². The van der Waals surface area contributed by atoms with Gasteiger partial charge in [0.2, 0.25) is 0 Å². The predicted octanol–water partition coefficient (Wildman–Crippen LogP) is -0.615. The first-order valence-corrected chi connectivity index (χ1v) is 5.85. The van der Waals surface area contributed by atoms with Gasteiger partial charge in [-0.1, -0.05) is 0 Å². The van der Waals surface area contributed by atoms with E-state index in [9.17, 15) is 4.79 Å². The van der Waals surface area contributed by atoms with Crippen LogP contribution in [0.15, 0.2) is 0 Å². The Morgan fingerprint density at radius 3 is 2.94 bits per heavy atom. The maximum absolute atomic E-state index is 11.9. The van der Waals surface area contributed by atoms with Gasteiger partial charge in [0.25, 0.3) is 5.91 Å². The van der Waals surface area contributed by atoms with Crippen molar-refractivity contribution in [1.29, 1.82) is 0 Å². The summed E-state index contributed by atoms with van der Waals surface area (Å²) >= 11 is 0. The van der Waals surface area contributed by atoms with Crippen molar-refractivity contribution in [2.75, 3.05) is 53.9 Å². The summed E-state index contributed by atoms with van der Waals surface area (Å²) in [4.78, 5) is 16.0. The predicted molar refractivity (Wildman–Crippen MR) is 63.4 cm³/mol. The van der Waals surface area contributed by atoms with E-state index < -0.39 is 0 Å². The fourth-order valence-electron chi connectivity index (χ4n) is 1.82. The number of hydrogen-bond donors (Lipinski definition) is 1. The normalized spacial score (nSPS) is 21.9. The molecule has 5 nitrogen and oxygen atoms in total. The molecule has 1 aliphatic heterocycles. The molecule has 0 saturated carbocycles. The third-order valence-electron chi connectivity index (χ3n) is 2.69. The maximum Gasteiger partial charge on any atom is 0.253 e. The van der Waals surface area contributed by atoms with Gasteiger partial charge in [-0.3, -0.25) is 4.79 Å². The molecule has 0 aliphatic carbocycles. The van der Waals surface area contributed by atoms with Crippen LogP contribution in [0.2, 0.25) is 0 Å². The molecule has 0 aromatic heterocycles. The second-order valence-corrected chi connectivity index (χ2v) is 4.40. The van der Waals surface area contributed by atoms with E-state index in [1.165, 1.54) is 0 Å². The van der Waals surface area contributed by atoms with Crippen molar-refractivity contribution in [3.63, 3.8) is 0 Å². The lowest BCUT2D eigenvalue weighted by atomic mass is 10.2. The number of carbonyl (C=O) groups is 1. The topological polar surface area (TPSA) is 44.8 Å². The molecule has 0 aromatic rings. The van der Waals surface area contributed by atoms with Crippen molar-refractivity contribution in [2.24, 2.45) is 0 Å². The Labute approximate surface area is 97.7 Å². The Bertz CT molecular complexity index is 219. The van der Waals surface area contributed by atoms with Crippen LogP contribution in [0.4, 0.5) is 0 Å². The summed E-state index contributed by atoms with van der Waals surface area (Å²) in [5.74, 6) is 0.124. The van der Waals surface area contributed by atoms with Gasteiger partial charge in [-0.2, -0.15) is 0 Å². The van der Waals surface area contributed by atoms with Crippen LogP contribution in [0.3, 0.4) is 0 Å². The van der Waals surface area contributed by atoms with E-state index in [1.807, 2.05) is 26.0 Å². The summed E-state index contributed by atoms with van der Waals surface area (Å²) in [5, 5.41) is 2.98. The van der Waals surface area contributed by atoms with E-state index in [4.69, 9.17) is 4.74 Å². The summed E-state index contributed by atoms with van der Waals surface area (Å²) in [6.07, 6.45) is 0.725. The Balaban J connectivity index is 2.32. The standard InChI is InChI=1S/C11H23N3O2/c1-12-9-10-11(15)14(7-8-16-10)6-4-5-13(2)3/h10,12H,4-9H2,1-3H3. The highest BCUT2D eigenvalue weighted by atomic mass is 16.5. The molecule has 1 rings (SSSR count). The van der Waals surface area contributed by atoms with E-state index in [2.05, 4.69) is 10.2 Å². The Morgan fingerprint density at radius 2 is 2.31 bits per heavy atom. The fraction of sp³-hybridized carbons (Fsp3) is 0.909. The number of nitrogens with zero attached hydrogens (tertiary/aromatic N) is 2. The van der Waals surface area contributed by atoms with Gasteiger partial charge in [0.1, 0.15) is 6.10 Å². The SMILES string of the molecule is CNCC1OCCN(CCCN(C)C)C1=O. The highest BCUT2D eigenvalue weighted by Gasteiger charge is 2.28. The molecule has 0 radical (unpaired) electrons. The zero-order chi connectivity index (χ0) is 12.0. The third kappa shape index (κ3) is 4.08. The van der Waals surface area contributed by atoms with E-state index >= 15 is 0 Å². The molecule has 1 amide bonds. The molecule has 94 valence electrons. The van der Waals surface area contributed by atoms with Gasteiger partial charge in [-0.25, -0.2) is 0 Å². The number of nitrogens with one attached hydrogen (secondary N) is 1. The van der Waals surface area contributed by atoms with Gasteiger partial charge in [-0.15, -0.1) is 0 Å². The quantitative estimate of drug-likeness (QED) is 0.660. The van der Waals surface area contributed by atoms with Crippen LogP contribution in [-0.4, -0.2) is 75.7 Å². The van der Waals surface area contributed by atoms with E-state index in [0.29, 0.717) is 13.2 Å². The summed E-state index contributed by atoms with van der Waals surface area (Å²) in [6, 6.07) is 0.